The third kappa shape index (κ3) is 3.74. The molecule has 0 bridgehead atoms. The van der Waals surface area contributed by atoms with Crippen LogP contribution < -0.4 is 11.5 Å². The van der Waals surface area contributed by atoms with Gasteiger partial charge in [0.25, 0.3) is 0 Å². The summed E-state index contributed by atoms with van der Waals surface area (Å²) in [4.78, 5) is 12.8. The van der Waals surface area contributed by atoms with Crippen LogP contribution in [-0.4, -0.2) is 5.78 Å². The lowest BCUT2D eigenvalue weighted by Gasteiger charge is -2.22. The molecular weight excluding hydrogens is 296 g/mol. The molecular formula is C21H22N2O. The number of hydrogen-bond donors (Lipinski definition) is 2. The Morgan fingerprint density at radius 3 is 1.54 bits per heavy atom. The fourth-order valence-corrected chi connectivity index (χ4v) is 3.05. The van der Waals surface area contributed by atoms with Gasteiger partial charge in [-0.15, -0.1) is 0 Å². The van der Waals surface area contributed by atoms with Crippen molar-refractivity contribution in [2.45, 2.75) is 19.8 Å². The van der Waals surface area contributed by atoms with Crippen molar-refractivity contribution in [2.75, 3.05) is 11.5 Å². The van der Waals surface area contributed by atoms with Gasteiger partial charge in [-0.3, -0.25) is 4.79 Å². The number of Topliss-reactive ketones (excluding diaryl/α,β-unsaturated/α-hetero) is 1. The molecule has 0 atom stereocenters. The molecule has 0 aromatic heterocycles. The minimum atomic E-state index is 0.141. The lowest BCUT2D eigenvalue weighted by molar-refractivity contribution is -0.113. The smallest absolute Gasteiger partial charge is 0.185 e. The van der Waals surface area contributed by atoms with Gasteiger partial charge in [0.15, 0.2) is 5.78 Å². The van der Waals surface area contributed by atoms with Crippen LogP contribution in [0.3, 0.4) is 0 Å². The van der Waals surface area contributed by atoms with E-state index in [0.717, 1.165) is 46.5 Å². The van der Waals surface area contributed by atoms with Gasteiger partial charge >= 0.3 is 0 Å². The van der Waals surface area contributed by atoms with Crippen LogP contribution in [0.15, 0.2) is 59.7 Å². The van der Waals surface area contributed by atoms with Crippen LogP contribution in [-0.2, 0) is 4.79 Å². The Morgan fingerprint density at radius 2 is 1.17 bits per heavy atom. The largest absolute Gasteiger partial charge is 0.399 e. The molecule has 2 aromatic carbocycles. The van der Waals surface area contributed by atoms with Gasteiger partial charge in [0.2, 0.25) is 0 Å². The standard InChI is InChI=1S/C21H22N2O/c1-14-10-17(12-15-2-6-19(22)7-3-15)21(24)18(11-14)13-16-4-8-20(23)9-5-16/h2-9,12-14H,10-11,22-23H2,1H3. The molecule has 3 nitrogen and oxygen atoms in total. The van der Waals surface area contributed by atoms with Gasteiger partial charge in [0.05, 0.1) is 0 Å². The van der Waals surface area contributed by atoms with Crippen LogP contribution in [0.5, 0.6) is 0 Å². The number of nitrogens with two attached hydrogens (primary N) is 2. The molecule has 122 valence electrons. The monoisotopic (exact) mass is 318 g/mol. The molecule has 3 rings (SSSR count). The summed E-state index contributed by atoms with van der Waals surface area (Å²) >= 11 is 0. The van der Waals surface area contributed by atoms with Crippen molar-refractivity contribution in [1.29, 1.82) is 0 Å². The fourth-order valence-electron chi connectivity index (χ4n) is 3.05. The van der Waals surface area contributed by atoms with Crippen molar-refractivity contribution in [2.24, 2.45) is 5.92 Å². The van der Waals surface area contributed by atoms with Crippen LogP contribution in [0, 0.1) is 5.92 Å². The molecule has 0 heterocycles. The first-order valence-corrected chi connectivity index (χ1v) is 8.18. The minimum absolute atomic E-state index is 0.141. The molecule has 0 radical (unpaired) electrons. The number of carbonyl (C=O) groups excluding carboxylic acids is 1. The van der Waals surface area contributed by atoms with Crippen molar-refractivity contribution < 1.29 is 4.79 Å². The predicted octanol–water partition coefficient (Wildman–Crippen LogP) is 4.32. The molecule has 0 amide bonds. The van der Waals surface area contributed by atoms with E-state index in [1.165, 1.54) is 0 Å². The third-order valence-electron chi connectivity index (χ3n) is 4.27. The summed E-state index contributed by atoms with van der Waals surface area (Å²) in [7, 11) is 0. The van der Waals surface area contributed by atoms with E-state index in [4.69, 9.17) is 11.5 Å². The van der Waals surface area contributed by atoms with E-state index in [0.29, 0.717) is 5.92 Å². The highest BCUT2D eigenvalue weighted by Crippen LogP contribution is 2.32. The van der Waals surface area contributed by atoms with E-state index in [2.05, 4.69) is 6.92 Å². The van der Waals surface area contributed by atoms with Crippen LogP contribution in [0.25, 0.3) is 12.2 Å². The highest BCUT2D eigenvalue weighted by atomic mass is 16.1. The summed E-state index contributed by atoms with van der Waals surface area (Å²) in [5.74, 6) is 0.588. The molecule has 3 heteroatoms. The number of allylic oxidation sites excluding steroid dienone is 2. The molecule has 0 aliphatic heterocycles. The maximum absolute atomic E-state index is 12.8. The number of anilines is 2. The van der Waals surface area contributed by atoms with Gasteiger partial charge < -0.3 is 11.5 Å². The summed E-state index contributed by atoms with van der Waals surface area (Å²) in [5.41, 5.74) is 16.6. The van der Waals surface area contributed by atoms with E-state index in [1.807, 2.05) is 60.7 Å². The Labute approximate surface area is 142 Å². The summed E-state index contributed by atoms with van der Waals surface area (Å²) in [6, 6.07) is 15.2. The molecule has 4 N–H and O–H groups in total. The van der Waals surface area contributed by atoms with Crippen molar-refractivity contribution in [1.82, 2.24) is 0 Å². The van der Waals surface area contributed by atoms with Gasteiger partial charge in [-0.25, -0.2) is 0 Å². The van der Waals surface area contributed by atoms with Crippen LogP contribution in [0.1, 0.15) is 30.9 Å². The third-order valence-corrected chi connectivity index (χ3v) is 4.27. The molecule has 1 saturated carbocycles. The fraction of sp³-hybridized carbons (Fsp3) is 0.190. The lowest BCUT2D eigenvalue weighted by Crippen LogP contribution is -2.18. The second kappa shape index (κ2) is 6.75. The van der Waals surface area contributed by atoms with Gasteiger partial charge in [-0.2, -0.15) is 0 Å². The number of benzene rings is 2. The summed E-state index contributed by atoms with van der Waals surface area (Å²) < 4.78 is 0. The van der Waals surface area contributed by atoms with Crippen LogP contribution in [0.2, 0.25) is 0 Å². The molecule has 0 saturated heterocycles. The first-order valence-electron chi connectivity index (χ1n) is 8.18. The van der Waals surface area contributed by atoms with E-state index >= 15 is 0 Å². The molecule has 0 unspecified atom stereocenters. The zero-order valence-corrected chi connectivity index (χ0v) is 13.8. The highest BCUT2D eigenvalue weighted by Gasteiger charge is 2.25. The Kier molecular flexibility index (Phi) is 4.52. The quantitative estimate of drug-likeness (QED) is 0.640. The highest BCUT2D eigenvalue weighted by molar-refractivity contribution is 6.14. The number of hydrogen-bond acceptors (Lipinski definition) is 3. The topological polar surface area (TPSA) is 69.1 Å². The van der Waals surface area contributed by atoms with E-state index < -0.39 is 0 Å². The Bertz CT molecular complexity index is 731. The first kappa shape index (κ1) is 16.1. The number of nitrogen functional groups attached to an aromatic ring is 2. The van der Waals surface area contributed by atoms with Crippen molar-refractivity contribution in [3.05, 3.63) is 70.8 Å². The first-order chi connectivity index (χ1) is 11.5. The summed E-state index contributed by atoms with van der Waals surface area (Å²) in [5, 5.41) is 0. The lowest BCUT2D eigenvalue weighted by atomic mass is 9.81. The van der Waals surface area contributed by atoms with E-state index in [-0.39, 0.29) is 5.78 Å². The van der Waals surface area contributed by atoms with Gasteiger partial charge in [-0.1, -0.05) is 31.2 Å². The number of rotatable bonds is 2. The molecule has 1 aliphatic carbocycles. The number of carbonyl (C=O) groups is 1. The van der Waals surface area contributed by atoms with Gasteiger partial charge in [0.1, 0.15) is 0 Å². The zero-order chi connectivity index (χ0) is 17.1. The SMILES string of the molecule is CC1CC(=Cc2ccc(N)cc2)C(=O)C(=Cc2ccc(N)cc2)C1. The van der Waals surface area contributed by atoms with Crippen molar-refractivity contribution >= 4 is 29.3 Å². The molecule has 2 aromatic rings. The Morgan fingerprint density at radius 1 is 0.792 bits per heavy atom. The van der Waals surface area contributed by atoms with E-state index in [9.17, 15) is 4.79 Å². The predicted molar refractivity (Wildman–Crippen MR) is 101 cm³/mol. The Balaban J connectivity index is 1.90. The minimum Gasteiger partial charge on any atom is -0.399 e. The van der Waals surface area contributed by atoms with Gasteiger partial charge in [0, 0.05) is 22.5 Å². The molecule has 0 spiro atoms. The summed E-state index contributed by atoms with van der Waals surface area (Å²) in [6.45, 7) is 2.18. The molecule has 24 heavy (non-hydrogen) atoms. The average molecular weight is 318 g/mol. The molecule has 1 aliphatic rings. The summed E-state index contributed by atoms with van der Waals surface area (Å²) in [6.07, 6.45) is 5.58. The Hall–Kier alpha value is -2.81. The maximum Gasteiger partial charge on any atom is 0.185 e. The van der Waals surface area contributed by atoms with Crippen LogP contribution in [0.4, 0.5) is 11.4 Å². The second-order valence-corrected chi connectivity index (χ2v) is 6.52. The van der Waals surface area contributed by atoms with Crippen molar-refractivity contribution in [3.63, 3.8) is 0 Å². The van der Waals surface area contributed by atoms with Crippen LogP contribution >= 0.6 is 0 Å². The zero-order valence-electron chi connectivity index (χ0n) is 13.8. The van der Waals surface area contributed by atoms with E-state index in [1.54, 1.807) is 0 Å². The average Bonchev–Trinajstić information content (AvgIpc) is 2.56. The maximum atomic E-state index is 12.8. The van der Waals surface area contributed by atoms with Crippen molar-refractivity contribution in [3.8, 4) is 0 Å². The normalized spacial score (nSPS) is 21.4. The second-order valence-electron chi connectivity index (χ2n) is 6.52. The number of ketones is 1. The molecule has 1 fully saturated rings. The van der Waals surface area contributed by atoms with Gasteiger partial charge in [-0.05, 0) is 66.3 Å².